The van der Waals surface area contributed by atoms with Crippen molar-refractivity contribution in [2.75, 3.05) is 31.1 Å². The number of nitrogens with one attached hydrogen (secondary N) is 2. The molecule has 1 saturated heterocycles. The zero-order valence-electron chi connectivity index (χ0n) is 16.4. The van der Waals surface area contributed by atoms with Crippen LogP contribution in [0.25, 0.3) is 0 Å². The van der Waals surface area contributed by atoms with Crippen LogP contribution in [0.2, 0.25) is 0 Å². The molecule has 27 heavy (non-hydrogen) atoms. The molecule has 0 bridgehead atoms. The predicted molar refractivity (Wildman–Crippen MR) is 127 cm³/mol. The molecule has 1 atom stereocenters. The highest BCUT2D eigenvalue weighted by molar-refractivity contribution is 14.0. The summed E-state index contributed by atoms with van der Waals surface area (Å²) in [5, 5.41) is 8.12. The van der Waals surface area contributed by atoms with E-state index in [0.29, 0.717) is 6.04 Å². The smallest absolute Gasteiger partial charge is 0.191 e. The van der Waals surface area contributed by atoms with Crippen LogP contribution >= 0.6 is 35.3 Å². The van der Waals surface area contributed by atoms with E-state index in [1.165, 1.54) is 10.6 Å². The molecular weight excluding hydrogens is 469 g/mol. The van der Waals surface area contributed by atoms with Crippen LogP contribution in [-0.4, -0.2) is 43.2 Å². The molecule has 0 radical (unpaired) electrons. The van der Waals surface area contributed by atoms with Crippen molar-refractivity contribution in [1.82, 2.24) is 15.6 Å². The van der Waals surface area contributed by atoms with E-state index in [9.17, 15) is 0 Å². The number of halogens is 1. The molecule has 148 valence electrons. The van der Waals surface area contributed by atoms with Crippen molar-refractivity contribution in [1.29, 1.82) is 0 Å². The molecule has 2 N–H and O–H groups in total. The van der Waals surface area contributed by atoms with Crippen molar-refractivity contribution in [3.63, 3.8) is 0 Å². The van der Waals surface area contributed by atoms with Gasteiger partial charge in [0.1, 0.15) is 0 Å². The van der Waals surface area contributed by atoms with E-state index in [0.717, 1.165) is 55.7 Å². The maximum absolute atomic E-state index is 4.78. The fraction of sp³-hybridized carbons (Fsp3) is 0.500. The third kappa shape index (κ3) is 6.34. The summed E-state index contributed by atoms with van der Waals surface area (Å²) in [7, 11) is 0. The van der Waals surface area contributed by atoms with Crippen LogP contribution in [0, 0.1) is 13.8 Å². The molecule has 2 aromatic rings. The van der Waals surface area contributed by atoms with E-state index < -0.39 is 0 Å². The van der Waals surface area contributed by atoms with E-state index in [1.807, 2.05) is 0 Å². The van der Waals surface area contributed by atoms with Gasteiger partial charge in [-0.1, -0.05) is 18.2 Å². The van der Waals surface area contributed by atoms with E-state index in [2.05, 4.69) is 71.6 Å². The number of hydrogen-bond acceptors (Lipinski definition) is 4. The van der Waals surface area contributed by atoms with E-state index in [1.54, 1.807) is 11.3 Å². The second-order valence-electron chi connectivity index (χ2n) is 6.66. The van der Waals surface area contributed by atoms with Crippen LogP contribution in [0.5, 0.6) is 0 Å². The van der Waals surface area contributed by atoms with Crippen LogP contribution in [0.15, 0.2) is 35.3 Å². The van der Waals surface area contributed by atoms with Crippen LogP contribution in [0.1, 0.15) is 28.9 Å². The minimum atomic E-state index is 0. The quantitative estimate of drug-likeness (QED) is 0.361. The van der Waals surface area contributed by atoms with Gasteiger partial charge in [-0.05, 0) is 39.3 Å². The van der Waals surface area contributed by atoms with E-state index in [4.69, 9.17) is 4.99 Å². The molecule has 1 aliphatic heterocycles. The number of guanidine groups is 1. The maximum atomic E-state index is 4.78. The Hall–Kier alpha value is -1.35. The lowest BCUT2D eigenvalue weighted by Crippen LogP contribution is -2.44. The van der Waals surface area contributed by atoms with Gasteiger partial charge in [0.15, 0.2) is 5.96 Å². The average molecular weight is 499 g/mol. The molecule has 3 rings (SSSR count). The number of para-hydroxylation sites is 1. The second-order valence-corrected chi connectivity index (χ2v) is 7.95. The first-order chi connectivity index (χ1) is 12.7. The second kappa shape index (κ2) is 10.8. The van der Waals surface area contributed by atoms with Gasteiger partial charge in [0.2, 0.25) is 0 Å². The number of aromatic nitrogens is 1. The third-order valence-corrected chi connectivity index (χ3v) is 5.74. The highest BCUT2D eigenvalue weighted by atomic mass is 127. The summed E-state index contributed by atoms with van der Waals surface area (Å²) in [4.78, 5) is 13.1. The van der Waals surface area contributed by atoms with E-state index >= 15 is 0 Å². The summed E-state index contributed by atoms with van der Waals surface area (Å²) in [6.45, 7) is 10.0. The minimum Gasteiger partial charge on any atom is -0.369 e. The molecule has 1 aliphatic rings. The Morgan fingerprint density at radius 2 is 2.07 bits per heavy atom. The standard InChI is InChI=1S/C20H29N5S.HI/c1-4-21-20(22-12-10-19-15(2)23-16(3)26-19)24-17-11-13-25(14-17)18-8-6-5-7-9-18;/h5-9,17H,4,10-14H2,1-3H3,(H2,21,22,24);1H. The largest absolute Gasteiger partial charge is 0.369 e. The van der Waals surface area contributed by atoms with Gasteiger partial charge in [0, 0.05) is 49.2 Å². The van der Waals surface area contributed by atoms with Crippen LogP contribution in [0.4, 0.5) is 5.69 Å². The normalized spacial score (nSPS) is 16.9. The average Bonchev–Trinajstić information content (AvgIpc) is 3.22. The number of thiazole rings is 1. The Labute approximate surface area is 183 Å². The Morgan fingerprint density at radius 3 is 2.74 bits per heavy atom. The summed E-state index contributed by atoms with van der Waals surface area (Å²) >= 11 is 1.78. The zero-order valence-corrected chi connectivity index (χ0v) is 19.5. The fourth-order valence-electron chi connectivity index (χ4n) is 3.34. The number of benzene rings is 1. The summed E-state index contributed by atoms with van der Waals surface area (Å²) in [5.74, 6) is 0.923. The Bertz CT molecular complexity index is 731. The summed E-state index contributed by atoms with van der Waals surface area (Å²) in [6, 6.07) is 11.1. The van der Waals surface area contributed by atoms with Gasteiger partial charge in [-0.15, -0.1) is 35.3 Å². The molecular formula is C20H30IN5S. The van der Waals surface area contributed by atoms with Crippen molar-refractivity contribution in [3.8, 4) is 0 Å². The van der Waals surface area contributed by atoms with Crippen molar-refractivity contribution < 1.29 is 0 Å². The van der Waals surface area contributed by atoms with Crippen molar-refractivity contribution in [2.45, 2.75) is 39.7 Å². The SMILES string of the molecule is CCNC(=NCCc1sc(C)nc1C)NC1CCN(c2ccccc2)C1.I. The van der Waals surface area contributed by atoms with Gasteiger partial charge in [0.05, 0.1) is 10.7 Å². The first kappa shape index (κ1) is 21.9. The Morgan fingerprint density at radius 1 is 1.30 bits per heavy atom. The Balaban J connectivity index is 0.00000261. The maximum Gasteiger partial charge on any atom is 0.191 e. The molecule has 1 aromatic carbocycles. The van der Waals surface area contributed by atoms with Gasteiger partial charge in [-0.25, -0.2) is 4.98 Å². The number of rotatable bonds is 6. The number of hydrogen-bond donors (Lipinski definition) is 2. The topological polar surface area (TPSA) is 52.6 Å². The van der Waals surface area contributed by atoms with Crippen LogP contribution < -0.4 is 15.5 Å². The molecule has 0 saturated carbocycles. The molecule has 5 nitrogen and oxygen atoms in total. The van der Waals surface area contributed by atoms with Crippen LogP contribution in [0.3, 0.4) is 0 Å². The lowest BCUT2D eigenvalue weighted by Gasteiger charge is -2.20. The van der Waals surface area contributed by atoms with Crippen molar-refractivity contribution in [2.24, 2.45) is 4.99 Å². The molecule has 7 heteroatoms. The number of nitrogens with zero attached hydrogens (tertiary/aromatic N) is 3. The first-order valence-corrected chi connectivity index (χ1v) is 10.2. The molecule has 0 amide bonds. The van der Waals surface area contributed by atoms with E-state index in [-0.39, 0.29) is 24.0 Å². The monoisotopic (exact) mass is 499 g/mol. The summed E-state index contributed by atoms with van der Waals surface area (Å²) < 4.78 is 0. The number of anilines is 1. The van der Waals surface area contributed by atoms with Gasteiger partial charge in [-0.3, -0.25) is 4.99 Å². The Kier molecular flexibility index (Phi) is 8.82. The van der Waals surface area contributed by atoms with Crippen molar-refractivity contribution in [3.05, 3.63) is 45.9 Å². The highest BCUT2D eigenvalue weighted by Gasteiger charge is 2.23. The summed E-state index contributed by atoms with van der Waals surface area (Å²) in [5.41, 5.74) is 2.45. The lowest BCUT2D eigenvalue weighted by atomic mass is 10.2. The highest BCUT2D eigenvalue weighted by Crippen LogP contribution is 2.20. The zero-order chi connectivity index (χ0) is 18.4. The number of aryl methyl sites for hydroxylation is 2. The first-order valence-electron chi connectivity index (χ1n) is 9.43. The van der Waals surface area contributed by atoms with Gasteiger partial charge < -0.3 is 15.5 Å². The van der Waals surface area contributed by atoms with Gasteiger partial charge in [0.25, 0.3) is 0 Å². The molecule has 0 spiro atoms. The molecule has 0 aliphatic carbocycles. The lowest BCUT2D eigenvalue weighted by molar-refractivity contribution is 0.649. The number of aliphatic imine (C=N–C) groups is 1. The van der Waals surface area contributed by atoms with Gasteiger partial charge in [-0.2, -0.15) is 0 Å². The third-order valence-electron chi connectivity index (χ3n) is 4.60. The molecule has 1 aromatic heterocycles. The summed E-state index contributed by atoms with van der Waals surface area (Å²) in [6.07, 6.45) is 2.08. The molecule has 1 fully saturated rings. The fourth-order valence-corrected chi connectivity index (χ4v) is 4.27. The van der Waals surface area contributed by atoms with Crippen molar-refractivity contribution >= 4 is 47.0 Å². The van der Waals surface area contributed by atoms with Gasteiger partial charge >= 0.3 is 0 Å². The van der Waals surface area contributed by atoms with Crippen LogP contribution in [-0.2, 0) is 6.42 Å². The molecule has 2 heterocycles. The molecule has 1 unspecified atom stereocenters. The minimum absolute atomic E-state index is 0. The predicted octanol–water partition coefficient (Wildman–Crippen LogP) is 3.75.